The van der Waals surface area contributed by atoms with E-state index in [9.17, 15) is 13.5 Å². The molecule has 1 atom stereocenters. The average molecular weight is 565 g/mol. The number of sulfonamides is 1. The number of ether oxygens (including phenoxy) is 4. The maximum Gasteiger partial charge on any atom is 0.229 e. The molecule has 3 rings (SSSR count). The summed E-state index contributed by atoms with van der Waals surface area (Å²) >= 11 is 0. The van der Waals surface area contributed by atoms with Gasteiger partial charge in [-0.25, -0.2) is 8.42 Å². The molecule has 1 aliphatic heterocycles. The largest absolute Gasteiger partial charge is 0.463 e. The van der Waals surface area contributed by atoms with Crippen molar-refractivity contribution >= 4 is 15.7 Å². The Balaban J connectivity index is 1.13. The average Bonchev–Trinajstić information content (AvgIpc) is 2.87. The van der Waals surface area contributed by atoms with E-state index in [0.29, 0.717) is 38.7 Å². The summed E-state index contributed by atoms with van der Waals surface area (Å²) in [7, 11) is -3.29. The molecule has 0 saturated heterocycles. The molecule has 0 fully saturated rings. The molecule has 0 saturated carbocycles. The third-order valence-electron chi connectivity index (χ3n) is 6.25. The smallest absolute Gasteiger partial charge is 0.229 e. The fraction of sp³-hybridized carbons (Fsp3) is 0.586. The lowest BCUT2D eigenvalue weighted by atomic mass is 10.0. The van der Waals surface area contributed by atoms with Crippen LogP contribution in [-0.4, -0.2) is 58.5 Å². The molecule has 1 heterocycles. The van der Waals surface area contributed by atoms with Gasteiger partial charge in [0, 0.05) is 38.2 Å². The highest BCUT2D eigenvalue weighted by molar-refractivity contribution is 7.92. The number of unbranched alkanes of at least 4 members (excludes halogenated alkanes) is 4. The first-order chi connectivity index (χ1) is 18.6. The third-order valence-corrected chi connectivity index (χ3v) is 6.86. The Labute approximate surface area is 233 Å². The Morgan fingerprint density at radius 1 is 1.00 bits per heavy atom. The number of hydrogen-bond acceptors (Lipinski definition) is 8. The minimum Gasteiger partial charge on any atom is -0.463 e. The highest BCUT2D eigenvalue weighted by atomic mass is 32.2. The molecule has 0 unspecified atom stereocenters. The van der Waals surface area contributed by atoms with Gasteiger partial charge in [-0.2, -0.15) is 0 Å². The van der Waals surface area contributed by atoms with Gasteiger partial charge in [-0.1, -0.05) is 37.5 Å². The lowest BCUT2D eigenvalue weighted by molar-refractivity contribution is -0.180. The second-order valence-corrected chi connectivity index (χ2v) is 12.1. The number of anilines is 1. The molecule has 9 nitrogen and oxygen atoms in total. The second-order valence-electron chi connectivity index (χ2n) is 10.4. The number of aliphatic hydroxyl groups excluding tert-OH is 1. The molecule has 39 heavy (non-hydrogen) atoms. The summed E-state index contributed by atoms with van der Waals surface area (Å²) in [5.74, 6) is 0.202. The van der Waals surface area contributed by atoms with Crippen molar-refractivity contribution in [2.45, 2.75) is 71.1 Å². The number of hydrogen-bond donors (Lipinski definition) is 3. The summed E-state index contributed by atoms with van der Waals surface area (Å²) in [5, 5.41) is 13.9. The number of fused-ring (bicyclic) bond motifs is 1. The lowest BCUT2D eigenvalue weighted by Gasteiger charge is -2.33. The van der Waals surface area contributed by atoms with Crippen molar-refractivity contribution in [3.8, 4) is 5.75 Å². The highest BCUT2D eigenvalue weighted by Crippen LogP contribution is 2.32. The van der Waals surface area contributed by atoms with Gasteiger partial charge in [0.25, 0.3) is 0 Å². The third kappa shape index (κ3) is 12.2. The molecule has 10 heteroatoms. The predicted molar refractivity (Wildman–Crippen MR) is 152 cm³/mol. The maximum atomic E-state index is 11.3. The van der Waals surface area contributed by atoms with E-state index in [1.54, 1.807) is 18.2 Å². The Bertz CT molecular complexity index is 1120. The van der Waals surface area contributed by atoms with Crippen molar-refractivity contribution < 1.29 is 32.5 Å². The fourth-order valence-corrected chi connectivity index (χ4v) is 4.81. The van der Waals surface area contributed by atoms with Gasteiger partial charge in [-0.3, -0.25) is 4.72 Å². The summed E-state index contributed by atoms with van der Waals surface area (Å²) in [6.45, 7) is 7.82. The molecular formula is C29H44N2O7S. The molecule has 1 aliphatic rings. The quantitative estimate of drug-likeness (QED) is 0.227. The molecule has 0 bridgehead atoms. The number of aliphatic hydroxyl groups is 1. The number of benzene rings is 2. The summed E-state index contributed by atoms with van der Waals surface area (Å²) in [6.07, 6.45) is 6.08. The van der Waals surface area contributed by atoms with Crippen molar-refractivity contribution in [3.05, 3.63) is 59.2 Å². The van der Waals surface area contributed by atoms with Crippen molar-refractivity contribution in [3.63, 3.8) is 0 Å². The van der Waals surface area contributed by atoms with Crippen molar-refractivity contribution in [1.29, 1.82) is 0 Å². The van der Waals surface area contributed by atoms with Crippen molar-refractivity contribution in [2.75, 3.05) is 43.9 Å². The van der Waals surface area contributed by atoms with Crippen LogP contribution >= 0.6 is 0 Å². The van der Waals surface area contributed by atoms with Crippen molar-refractivity contribution in [2.24, 2.45) is 0 Å². The Kier molecular flexibility index (Phi) is 12.5. The van der Waals surface area contributed by atoms with E-state index >= 15 is 0 Å². The Morgan fingerprint density at radius 3 is 2.59 bits per heavy atom. The first kappa shape index (κ1) is 31.3. The van der Waals surface area contributed by atoms with Crippen LogP contribution in [0, 0.1) is 0 Å². The van der Waals surface area contributed by atoms with Crippen molar-refractivity contribution in [1.82, 2.24) is 5.32 Å². The van der Waals surface area contributed by atoms with E-state index in [2.05, 4.69) is 10.0 Å². The lowest BCUT2D eigenvalue weighted by Crippen LogP contribution is -2.35. The standard InChI is InChI=1S/C29H44N2O7S/c1-29(2)37-22-25-19-24(12-13-28(25)38-29)27(32)20-30-14-7-5-4-6-8-15-35-16-17-36-21-23-10-9-11-26(18-23)31-39(3,33)34/h9-13,18-19,27,30-32H,4-8,14-17,20-22H2,1-3H3/t27-/m0/s1. The van der Waals surface area contributed by atoms with E-state index < -0.39 is 21.9 Å². The molecule has 0 amide bonds. The first-order valence-corrected chi connectivity index (χ1v) is 15.6. The van der Waals surface area contributed by atoms with Gasteiger partial charge in [0.2, 0.25) is 15.8 Å². The Hall–Kier alpha value is -2.21. The van der Waals surface area contributed by atoms with Gasteiger partial charge in [0.15, 0.2) is 0 Å². The molecule has 2 aromatic carbocycles. The van der Waals surface area contributed by atoms with Crippen LogP contribution in [-0.2, 0) is 37.4 Å². The van der Waals surface area contributed by atoms with Gasteiger partial charge in [0.05, 0.1) is 38.8 Å². The predicted octanol–water partition coefficient (Wildman–Crippen LogP) is 4.51. The van der Waals surface area contributed by atoms with Crippen LogP contribution in [0.4, 0.5) is 5.69 Å². The van der Waals surface area contributed by atoms with Crippen LogP contribution in [0.3, 0.4) is 0 Å². The van der Waals surface area contributed by atoms with Crippen LogP contribution in [0.1, 0.15) is 68.7 Å². The molecule has 218 valence electrons. The van der Waals surface area contributed by atoms with Crippen LogP contribution in [0.2, 0.25) is 0 Å². The first-order valence-electron chi connectivity index (χ1n) is 13.7. The summed E-state index contributed by atoms with van der Waals surface area (Å²) in [4.78, 5) is 0. The molecule has 0 spiro atoms. The number of rotatable bonds is 18. The summed E-state index contributed by atoms with van der Waals surface area (Å²) < 4.78 is 47.9. The normalized spacial score (nSPS) is 15.4. The van der Waals surface area contributed by atoms with Gasteiger partial charge in [0.1, 0.15) is 5.75 Å². The fourth-order valence-electron chi connectivity index (χ4n) is 4.25. The SMILES string of the molecule is CC1(C)OCc2cc([C@@H](O)CNCCCCCCCOCCOCc3cccc(NS(C)(=O)=O)c3)ccc2O1. The number of nitrogens with one attached hydrogen (secondary N) is 2. The van der Waals surface area contributed by atoms with E-state index in [4.69, 9.17) is 18.9 Å². The van der Waals surface area contributed by atoms with Crippen LogP contribution in [0.15, 0.2) is 42.5 Å². The van der Waals surface area contributed by atoms with Crippen LogP contribution in [0.25, 0.3) is 0 Å². The topological polar surface area (TPSA) is 115 Å². The van der Waals surface area contributed by atoms with Gasteiger partial charge < -0.3 is 29.4 Å². The van der Waals surface area contributed by atoms with Gasteiger partial charge in [-0.05, 0) is 54.8 Å². The molecule has 0 radical (unpaired) electrons. The zero-order valence-corrected chi connectivity index (χ0v) is 24.2. The van der Waals surface area contributed by atoms with E-state index in [1.165, 1.54) is 0 Å². The minimum absolute atomic E-state index is 0.406. The van der Waals surface area contributed by atoms with E-state index in [-0.39, 0.29) is 0 Å². The van der Waals surface area contributed by atoms with Gasteiger partial charge >= 0.3 is 0 Å². The summed E-state index contributed by atoms with van der Waals surface area (Å²) in [6, 6.07) is 13.0. The second kappa shape index (κ2) is 15.5. The molecule has 0 aliphatic carbocycles. The molecule has 3 N–H and O–H groups in total. The summed E-state index contributed by atoms with van der Waals surface area (Å²) in [5.41, 5.74) is 3.27. The molecule has 2 aromatic rings. The minimum atomic E-state index is -3.29. The van der Waals surface area contributed by atoms with E-state index in [0.717, 1.165) is 74.0 Å². The molecular weight excluding hydrogens is 520 g/mol. The van der Waals surface area contributed by atoms with E-state index in [1.807, 2.05) is 38.1 Å². The zero-order valence-electron chi connectivity index (χ0n) is 23.4. The Morgan fingerprint density at radius 2 is 1.77 bits per heavy atom. The molecule has 0 aromatic heterocycles. The monoisotopic (exact) mass is 564 g/mol. The van der Waals surface area contributed by atoms with Crippen LogP contribution < -0.4 is 14.8 Å². The maximum absolute atomic E-state index is 11.3. The van der Waals surface area contributed by atoms with Crippen LogP contribution in [0.5, 0.6) is 5.75 Å². The highest BCUT2D eigenvalue weighted by Gasteiger charge is 2.27. The van der Waals surface area contributed by atoms with Gasteiger partial charge in [-0.15, -0.1) is 0 Å². The zero-order chi connectivity index (χ0) is 28.1.